The average molecular weight is 380 g/mol. The number of ether oxygens (including phenoxy) is 3. The van der Waals surface area contributed by atoms with Crippen LogP contribution < -0.4 is 24.8 Å². The van der Waals surface area contributed by atoms with Crippen LogP contribution in [-0.2, 0) is 0 Å². The van der Waals surface area contributed by atoms with Crippen molar-refractivity contribution in [3.63, 3.8) is 0 Å². The Labute approximate surface area is 156 Å². The van der Waals surface area contributed by atoms with Gasteiger partial charge in [0.2, 0.25) is 5.75 Å². The predicted octanol–water partition coefficient (Wildman–Crippen LogP) is 4.80. The van der Waals surface area contributed by atoms with E-state index in [1.54, 1.807) is 12.1 Å². The molecule has 0 radical (unpaired) electrons. The van der Waals surface area contributed by atoms with Crippen LogP contribution in [0.1, 0.15) is 20.8 Å². The summed E-state index contributed by atoms with van der Waals surface area (Å²) in [5, 5.41) is 4.90. The average Bonchev–Trinajstić information content (AvgIpc) is 2.61. The zero-order valence-electron chi connectivity index (χ0n) is 15.4. The van der Waals surface area contributed by atoms with Crippen molar-refractivity contribution in [2.24, 2.45) is 0 Å². The van der Waals surface area contributed by atoms with Crippen LogP contribution in [0.2, 0.25) is 0 Å². The molecule has 0 aliphatic rings. The maximum atomic E-state index is 13.7. The van der Waals surface area contributed by atoms with Gasteiger partial charge < -0.3 is 24.8 Å². The Hall–Kier alpha value is -3.03. The number of urea groups is 1. The number of nitrogens with one attached hydrogen (secondary N) is 2. The molecule has 0 spiro atoms. The number of anilines is 2. The Morgan fingerprint density at radius 1 is 0.889 bits per heavy atom. The van der Waals surface area contributed by atoms with E-state index in [9.17, 15) is 13.6 Å². The number of halogens is 2. The molecule has 0 bridgehead atoms. The number of hydrogen-bond donors (Lipinski definition) is 2. The van der Waals surface area contributed by atoms with Gasteiger partial charge in [-0.1, -0.05) is 0 Å². The minimum absolute atomic E-state index is 0.144. The SMILES string of the molecule is CCOc1cc(NC(=O)Nc2ccc(F)cc2F)cc(OCC)c1OCC. The van der Waals surface area contributed by atoms with E-state index < -0.39 is 17.7 Å². The molecule has 0 atom stereocenters. The Balaban J connectivity index is 2.24. The van der Waals surface area contributed by atoms with Crippen molar-refractivity contribution in [2.75, 3.05) is 30.5 Å². The minimum atomic E-state index is -0.873. The molecule has 2 aromatic carbocycles. The van der Waals surface area contributed by atoms with Gasteiger partial charge in [-0.05, 0) is 32.9 Å². The van der Waals surface area contributed by atoms with Crippen LogP contribution in [0.4, 0.5) is 25.0 Å². The molecular formula is C19H22F2N2O4. The van der Waals surface area contributed by atoms with Crippen LogP contribution >= 0.6 is 0 Å². The zero-order valence-corrected chi connectivity index (χ0v) is 15.4. The van der Waals surface area contributed by atoms with E-state index in [4.69, 9.17) is 14.2 Å². The fourth-order valence-corrected chi connectivity index (χ4v) is 2.34. The van der Waals surface area contributed by atoms with Gasteiger partial charge in [-0.25, -0.2) is 13.6 Å². The van der Waals surface area contributed by atoms with E-state index in [0.29, 0.717) is 48.8 Å². The molecule has 0 saturated heterocycles. The van der Waals surface area contributed by atoms with Gasteiger partial charge in [0.05, 0.1) is 31.2 Å². The first-order chi connectivity index (χ1) is 13.0. The van der Waals surface area contributed by atoms with Gasteiger partial charge in [0.25, 0.3) is 0 Å². The molecule has 0 aliphatic carbocycles. The molecule has 0 fully saturated rings. The lowest BCUT2D eigenvalue weighted by atomic mass is 10.2. The lowest BCUT2D eigenvalue weighted by Crippen LogP contribution is -2.20. The summed E-state index contributed by atoms with van der Waals surface area (Å²) in [4.78, 5) is 12.2. The highest BCUT2D eigenvalue weighted by Crippen LogP contribution is 2.40. The number of rotatable bonds is 8. The lowest BCUT2D eigenvalue weighted by molar-refractivity contribution is 0.260. The van der Waals surface area contributed by atoms with Gasteiger partial charge in [0.15, 0.2) is 11.5 Å². The lowest BCUT2D eigenvalue weighted by Gasteiger charge is -2.17. The highest BCUT2D eigenvalue weighted by Gasteiger charge is 2.16. The molecule has 2 aromatic rings. The van der Waals surface area contributed by atoms with Crippen LogP contribution in [0.5, 0.6) is 17.2 Å². The number of benzene rings is 2. The third-order valence-corrected chi connectivity index (χ3v) is 3.35. The standard InChI is InChI=1S/C19H22F2N2O4/c1-4-25-16-10-13(11-17(26-5-2)18(16)27-6-3)22-19(24)23-15-8-7-12(20)9-14(15)21/h7-11H,4-6H2,1-3H3,(H2,22,23,24). The molecule has 6 nitrogen and oxygen atoms in total. The van der Waals surface area contributed by atoms with Gasteiger partial charge in [0.1, 0.15) is 11.6 Å². The Bertz CT molecular complexity index is 772. The van der Waals surface area contributed by atoms with Gasteiger partial charge in [0, 0.05) is 18.2 Å². The van der Waals surface area contributed by atoms with Gasteiger partial charge in [-0.15, -0.1) is 0 Å². The molecule has 0 saturated carbocycles. The number of carbonyl (C=O) groups excluding carboxylic acids is 1. The van der Waals surface area contributed by atoms with Crippen LogP contribution in [0.25, 0.3) is 0 Å². The minimum Gasteiger partial charge on any atom is -0.490 e. The molecule has 2 rings (SSSR count). The monoisotopic (exact) mass is 380 g/mol. The summed E-state index contributed by atoms with van der Waals surface area (Å²) in [7, 11) is 0. The van der Waals surface area contributed by atoms with Gasteiger partial charge >= 0.3 is 6.03 Å². The maximum Gasteiger partial charge on any atom is 0.323 e. The van der Waals surface area contributed by atoms with E-state index in [1.165, 1.54) is 0 Å². The second-order valence-corrected chi connectivity index (χ2v) is 5.30. The maximum absolute atomic E-state index is 13.7. The summed E-state index contributed by atoms with van der Waals surface area (Å²) in [6.07, 6.45) is 0. The van der Waals surface area contributed by atoms with Crippen molar-refractivity contribution in [3.05, 3.63) is 42.0 Å². The fourth-order valence-electron chi connectivity index (χ4n) is 2.34. The second kappa shape index (κ2) is 9.61. The quantitative estimate of drug-likeness (QED) is 0.690. The molecular weight excluding hydrogens is 358 g/mol. The molecule has 8 heteroatoms. The van der Waals surface area contributed by atoms with Crippen molar-refractivity contribution < 1.29 is 27.8 Å². The van der Waals surface area contributed by atoms with Gasteiger partial charge in [-0.3, -0.25) is 0 Å². The molecule has 146 valence electrons. The molecule has 27 heavy (non-hydrogen) atoms. The number of hydrogen-bond acceptors (Lipinski definition) is 4. The summed E-state index contributed by atoms with van der Waals surface area (Å²) < 4.78 is 43.4. The molecule has 0 unspecified atom stereocenters. The van der Waals surface area contributed by atoms with E-state index in [2.05, 4.69) is 10.6 Å². The van der Waals surface area contributed by atoms with Crippen molar-refractivity contribution in [2.45, 2.75) is 20.8 Å². The van der Waals surface area contributed by atoms with Crippen molar-refractivity contribution >= 4 is 17.4 Å². The van der Waals surface area contributed by atoms with Gasteiger partial charge in [-0.2, -0.15) is 0 Å². The summed E-state index contributed by atoms with van der Waals surface area (Å²) in [5.41, 5.74) is 0.222. The summed E-state index contributed by atoms with van der Waals surface area (Å²) in [6, 6.07) is 5.34. The largest absolute Gasteiger partial charge is 0.490 e. The highest BCUT2D eigenvalue weighted by atomic mass is 19.1. The summed E-state index contributed by atoms with van der Waals surface area (Å²) in [5.74, 6) is -0.339. The van der Waals surface area contributed by atoms with E-state index in [0.717, 1.165) is 12.1 Å². The Morgan fingerprint density at radius 3 is 2.00 bits per heavy atom. The number of amides is 2. The Kier molecular flexibility index (Phi) is 7.22. The first-order valence-corrected chi connectivity index (χ1v) is 8.57. The molecule has 0 aromatic heterocycles. The second-order valence-electron chi connectivity index (χ2n) is 5.30. The topological polar surface area (TPSA) is 68.8 Å². The molecule has 2 amide bonds. The third kappa shape index (κ3) is 5.47. The van der Waals surface area contributed by atoms with Crippen molar-refractivity contribution in [1.29, 1.82) is 0 Å². The summed E-state index contributed by atoms with van der Waals surface area (Å²) in [6.45, 7) is 6.67. The Morgan fingerprint density at radius 2 is 1.48 bits per heavy atom. The highest BCUT2D eigenvalue weighted by molar-refractivity contribution is 6.00. The third-order valence-electron chi connectivity index (χ3n) is 3.35. The first kappa shape index (κ1) is 20.3. The van der Waals surface area contributed by atoms with E-state index >= 15 is 0 Å². The normalized spacial score (nSPS) is 10.3. The van der Waals surface area contributed by atoms with Crippen LogP contribution in [0.15, 0.2) is 30.3 Å². The fraction of sp³-hybridized carbons (Fsp3) is 0.316. The van der Waals surface area contributed by atoms with Crippen molar-refractivity contribution in [3.8, 4) is 17.2 Å². The van der Waals surface area contributed by atoms with E-state index in [-0.39, 0.29) is 5.69 Å². The molecule has 2 N–H and O–H groups in total. The van der Waals surface area contributed by atoms with E-state index in [1.807, 2.05) is 20.8 Å². The van der Waals surface area contributed by atoms with Crippen LogP contribution in [-0.4, -0.2) is 25.9 Å². The van der Waals surface area contributed by atoms with Crippen LogP contribution in [0, 0.1) is 11.6 Å². The van der Waals surface area contributed by atoms with Crippen LogP contribution in [0.3, 0.4) is 0 Å². The summed E-state index contributed by atoms with van der Waals surface area (Å²) >= 11 is 0. The predicted molar refractivity (Wildman–Crippen MR) is 98.9 cm³/mol. The first-order valence-electron chi connectivity index (χ1n) is 8.57. The zero-order chi connectivity index (χ0) is 19.8. The van der Waals surface area contributed by atoms with Crippen molar-refractivity contribution in [1.82, 2.24) is 0 Å². The number of carbonyl (C=O) groups is 1. The smallest absolute Gasteiger partial charge is 0.323 e. The molecule has 0 heterocycles. The molecule has 0 aliphatic heterocycles.